The number of aliphatic hydroxyl groups is 1. The Morgan fingerprint density at radius 3 is 2.38 bits per heavy atom. The molecule has 0 unspecified atom stereocenters. The molecule has 0 saturated heterocycles. The Labute approximate surface area is 125 Å². The highest BCUT2D eigenvalue weighted by Crippen LogP contribution is 2.10. The molecular formula is C17H22N2O2. The molecule has 4 heteroatoms. The van der Waals surface area contributed by atoms with Crippen LogP contribution in [-0.2, 0) is 25.8 Å². The van der Waals surface area contributed by atoms with E-state index in [2.05, 4.69) is 4.98 Å². The highest BCUT2D eigenvalue weighted by molar-refractivity contribution is 5.23. The summed E-state index contributed by atoms with van der Waals surface area (Å²) < 4.78 is 1.68. The number of hydrogen-bond acceptors (Lipinski definition) is 3. The Hall–Kier alpha value is -1.94. The Bertz CT molecular complexity index is 648. The second-order valence-corrected chi connectivity index (χ2v) is 5.00. The predicted octanol–water partition coefficient (Wildman–Crippen LogP) is 1.95. The maximum atomic E-state index is 12.6. The Kier molecular flexibility index (Phi) is 5.28. The molecule has 1 aromatic heterocycles. The molecule has 2 rings (SSSR count). The third-order valence-electron chi connectivity index (χ3n) is 3.63. The van der Waals surface area contributed by atoms with Crippen LogP contribution in [0.25, 0.3) is 0 Å². The van der Waals surface area contributed by atoms with Crippen LogP contribution < -0.4 is 5.56 Å². The van der Waals surface area contributed by atoms with Gasteiger partial charge in [-0.25, -0.2) is 4.98 Å². The van der Waals surface area contributed by atoms with Crippen LogP contribution in [0.15, 0.2) is 35.1 Å². The molecule has 0 spiro atoms. The van der Waals surface area contributed by atoms with E-state index in [9.17, 15) is 9.90 Å². The molecule has 4 nitrogen and oxygen atoms in total. The zero-order valence-corrected chi connectivity index (χ0v) is 12.7. The Balaban J connectivity index is 2.51. The van der Waals surface area contributed by atoms with Gasteiger partial charge in [0.05, 0.1) is 12.3 Å². The van der Waals surface area contributed by atoms with Gasteiger partial charge < -0.3 is 9.67 Å². The van der Waals surface area contributed by atoms with Crippen molar-refractivity contribution in [2.24, 2.45) is 0 Å². The van der Waals surface area contributed by atoms with Crippen molar-refractivity contribution in [3.05, 3.63) is 63.3 Å². The summed E-state index contributed by atoms with van der Waals surface area (Å²) in [7, 11) is 0. The minimum atomic E-state index is -0.0815. The van der Waals surface area contributed by atoms with E-state index in [1.165, 1.54) is 0 Å². The quantitative estimate of drug-likeness (QED) is 0.883. The first-order chi connectivity index (χ1) is 10.2. The number of rotatable bonds is 6. The number of aromatic nitrogens is 2. The van der Waals surface area contributed by atoms with E-state index in [1.807, 2.05) is 44.2 Å². The maximum absolute atomic E-state index is 12.6. The summed E-state index contributed by atoms with van der Waals surface area (Å²) in [6, 6.07) is 9.87. The molecule has 2 aromatic rings. The topological polar surface area (TPSA) is 55.1 Å². The van der Waals surface area contributed by atoms with Crippen LogP contribution in [0.3, 0.4) is 0 Å². The first-order valence-corrected chi connectivity index (χ1v) is 7.47. The van der Waals surface area contributed by atoms with E-state index in [-0.39, 0.29) is 12.2 Å². The molecule has 0 aliphatic rings. The largest absolute Gasteiger partial charge is 0.395 e. The zero-order valence-electron chi connectivity index (χ0n) is 12.7. The summed E-state index contributed by atoms with van der Waals surface area (Å²) in [5.41, 5.74) is 3.44. The van der Waals surface area contributed by atoms with Crippen LogP contribution >= 0.6 is 0 Å². The maximum Gasteiger partial charge on any atom is 0.272 e. The molecule has 21 heavy (non-hydrogen) atoms. The summed E-state index contributed by atoms with van der Waals surface area (Å²) in [6.45, 7) is 4.35. The van der Waals surface area contributed by atoms with Crippen molar-refractivity contribution in [1.82, 2.24) is 9.55 Å². The molecule has 0 bridgehead atoms. The van der Waals surface area contributed by atoms with Crippen molar-refractivity contribution in [2.75, 3.05) is 6.61 Å². The number of hydrogen-bond donors (Lipinski definition) is 1. The van der Waals surface area contributed by atoms with Gasteiger partial charge in [-0.3, -0.25) is 4.79 Å². The van der Waals surface area contributed by atoms with Crippen LogP contribution in [0.2, 0.25) is 0 Å². The van der Waals surface area contributed by atoms with E-state index in [0.29, 0.717) is 18.7 Å². The van der Waals surface area contributed by atoms with Gasteiger partial charge in [-0.05, 0) is 18.4 Å². The second kappa shape index (κ2) is 7.18. The van der Waals surface area contributed by atoms with Gasteiger partial charge in [0.25, 0.3) is 5.56 Å². The van der Waals surface area contributed by atoms with Gasteiger partial charge in [0.15, 0.2) is 0 Å². The van der Waals surface area contributed by atoms with E-state index >= 15 is 0 Å². The highest BCUT2D eigenvalue weighted by Gasteiger charge is 2.14. The summed E-state index contributed by atoms with van der Waals surface area (Å²) in [5, 5.41) is 9.23. The minimum Gasteiger partial charge on any atom is -0.395 e. The number of aliphatic hydroxyl groups excluding tert-OH is 1. The molecule has 0 atom stereocenters. The average molecular weight is 286 g/mol. The Morgan fingerprint density at radius 2 is 1.81 bits per heavy atom. The summed E-state index contributed by atoms with van der Waals surface area (Å²) in [6.07, 6.45) is 2.07. The molecule has 0 radical (unpaired) electrons. The molecule has 0 saturated carbocycles. The van der Waals surface area contributed by atoms with Crippen molar-refractivity contribution >= 4 is 0 Å². The van der Waals surface area contributed by atoms with Crippen LogP contribution in [0.5, 0.6) is 0 Å². The molecule has 112 valence electrons. The lowest BCUT2D eigenvalue weighted by molar-refractivity contribution is 0.271. The van der Waals surface area contributed by atoms with Gasteiger partial charge in [-0.1, -0.05) is 44.2 Å². The summed E-state index contributed by atoms with van der Waals surface area (Å²) in [4.78, 5) is 17.2. The molecular weight excluding hydrogens is 264 g/mol. The van der Waals surface area contributed by atoms with Gasteiger partial charge >= 0.3 is 0 Å². The molecule has 1 N–H and O–H groups in total. The molecule has 1 aromatic carbocycles. The number of nitrogens with zero attached hydrogens (tertiary/aromatic N) is 2. The monoisotopic (exact) mass is 286 g/mol. The van der Waals surface area contributed by atoms with E-state index in [4.69, 9.17) is 0 Å². The third kappa shape index (κ3) is 3.39. The first-order valence-electron chi connectivity index (χ1n) is 7.47. The van der Waals surface area contributed by atoms with Crippen LogP contribution in [0, 0.1) is 0 Å². The second-order valence-electron chi connectivity index (χ2n) is 5.00. The smallest absolute Gasteiger partial charge is 0.272 e. The highest BCUT2D eigenvalue weighted by atomic mass is 16.3. The number of aryl methyl sites for hydroxylation is 1. The van der Waals surface area contributed by atoms with Crippen molar-refractivity contribution in [1.29, 1.82) is 0 Å². The molecule has 1 heterocycles. The lowest BCUT2D eigenvalue weighted by Gasteiger charge is -2.16. The van der Waals surface area contributed by atoms with Crippen molar-refractivity contribution in [3.63, 3.8) is 0 Å². The van der Waals surface area contributed by atoms with Crippen LogP contribution in [0.1, 0.15) is 36.5 Å². The average Bonchev–Trinajstić information content (AvgIpc) is 2.52. The zero-order chi connectivity index (χ0) is 15.2. The third-order valence-corrected chi connectivity index (χ3v) is 3.63. The number of benzene rings is 1. The van der Waals surface area contributed by atoms with Gasteiger partial charge in [0.2, 0.25) is 0 Å². The standard InChI is InChI=1S/C17H22N2O2/c1-3-14-16(4-2)19(10-11-20)17(21)15(18-14)12-13-8-6-5-7-9-13/h5-9,20H,3-4,10-12H2,1-2H3. The lowest BCUT2D eigenvalue weighted by atomic mass is 10.1. The van der Waals surface area contributed by atoms with Gasteiger partial charge in [0.1, 0.15) is 5.69 Å². The van der Waals surface area contributed by atoms with Gasteiger partial charge in [-0.15, -0.1) is 0 Å². The van der Waals surface area contributed by atoms with Gasteiger partial charge in [0, 0.05) is 18.7 Å². The van der Waals surface area contributed by atoms with Crippen molar-refractivity contribution in [2.45, 2.75) is 39.7 Å². The molecule has 0 aliphatic heterocycles. The van der Waals surface area contributed by atoms with E-state index < -0.39 is 0 Å². The van der Waals surface area contributed by atoms with Crippen LogP contribution in [-0.4, -0.2) is 21.3 Å². The van der Waals surface area contributed by atoms with Crippen molar-refractivity contribution < 1.29 is 5.11 Å². The fourth-order valence-corrected chi connectivity index (χ4v) is 2.63. The van der Waals surface area contributed by atoms with Crippen molar-refractivity contribution in [3.8, 4) is 0 Å². The normalized spacial score (nSPS) is 10.8. The van der Waals surface area contributed by atoms with Gasteiger partial charge in [-0.2, -0.15) is 0 Å². The summed E-state index contributed by atoms with van der Waals surface area (Å²) >= 11 is 0. The molecule has 0 aliphatic carbocycles. The fraction of sp³-hybridized carbons (Fsp3) is 0.412. The lowest BCUT2D eigenvalue weighted by Crippen LogP contribution is -2.31. The van der Waals surface area contributed by atoms with Crippen LogP contribution in [0.4, 0.5) is 0 Å². The predicted molar refractivity (Wildman–Crippen MR) is 83.6 cm³/mol. The summed E-state index contributed by atoms with van der Waals surface area (Å²) in [5.74, 6) is 0. The SMILES string of the molecule is CCc1nc(Cc2ccccc2)c(=O)n(CCO)c1CC. The fourth-order valence-electron chi connectivity index (χ4n) is 2.63. The molecule has 0 amide bonds. The first kappa shape index (κ1) is 15.4. The van der Waals surface area contributed by atoms with E-state index in [1.54, 1.807) is 4.57 Å². The Morgan fingerprint density at radius 1 is 1.10 bits per heavy atom. The van der Waals surface area contributed by atoms with E-state index in [0.717, 1.165) is 29.8 Å². The minimum absolute atomic E-state index is 0.0369. The molecule has 0 fully saturated rings.